The molecule has 0 saturated heterocycles. The molecule has 0 amide bonds. The number of ether oxygens (including phenoxy) is 1. The maximum absolute atomic E-state index is 5.54. The van der Waals surface area contributed by atoms with Crippen LogP contribution in [0.5, 0.6) is 5.75 Å². The van der Waals surface area contributed by atoms with Crippen molar-refractivity contribution in [3.05, 3.63) is 12.3 Å². The zero-order valence-electron chi connectivity index (χ0n) is 7.29. The van der Waals surface area contributed by atoms with Gasteiger partial charge in [0, 0.05) is 13.1 Å². The van der Waals surface area contributed by atoms with Gasteiger partial charge in [0.1, 0.15) is 0 Å². The first kappa shape index (κ1) is 8.64. The second kappa shape index (κ2) is 3.80. The maximum atomic E-state index is 5.54. The number of nitrogens with one attached hydrogen (secondary N) is 1. The molecule has 1 aromatic heterocycles. The summed E-state index contributed by atoms with van der Waals surface area (Å²) in [5, 5.41) is 2.92. The van der Waals surface area contributed by atoms with Crippen LogP contribution in [0.2, 0.25) is 0 Å². The second-order valence-electron chi connectivity index (χ2n) is 2.30. The molecular weight excluding hydrogens is 154 g/mol. The lowest BCUT2D eigenvalue weighted by atomic mass is 10.4. The van der Waals surface area contributed by atoms with Gasteiger partial charge in [0.2, 0.25) is 0 Å². The monoisotopic (exact) mass is 167 g/mol. The fourth-order valence-corrected chi connectivity index (χ4v) is 0.913. The summed E-state index contributed by atoms with van der Waals surface area (Å²) in [6, 6.07) is 1.75. The number of hydrogen-bond acceptors (Lipinski definition) is 4. The molecule has 1 aromatic rings. The summed E-state index contributed by atoms with van der Waals surface area (Å²) in [5.74, 6) is 1.41. The molecule has 66 valence electrons. The maximum Gasteiger partial charge on any atom is 0.168 e. The van der Waals surface area contributed by atoms with E-state index in [1.165, 1.54) is 0 Å². The lowest BCUT2D eigenvalue weighted by Crippen LogP contribution is -2.00. The van der Waals surface area contributed by atoms with Crippen LogP contribution >= 0.6 is 0 Å². The molecule has 0 aliphatic carbocycles. The van der Waals surface area contributed by atoms with E-state index in [-0.39, 0.29) is 0 Å². The van der Waals surface area contributed by atoms with Gasteiger partial charge in [0.15, 0.2) is 11.6 Å². The molecule has 0 radical (unpaired) electrons. The van der Waals surface area contributed by atoms with E-state index in [4.69, 9.17) is 10.5 Å². The first-order valence-electron chi connectivity index (χ1n) is 3.84. The quantitative estimate of drug-likeness (QED) is 0.707. The van der Waals surface area contributed by atoms with Crippen molar-refractivity contribution in [1.82, 2.24) is 4.98 Å². The predicted molar refractivity (Wildman–Crippen MR) is 49.4 cm³/mol. The molecule has 0 unspecified atom stereocenters. The van der Waals surface area contributed by atoms with Gasteiger partial charge in [-0.3, -0.25) is 0 Å². The largest absolute Gasteiger partial charge is 0.490 e. The molecule has 1 rings (SSSR count). The van der Waals surface area contributed by atoms with E-state index in [2.05, 4.69) is 10.3 Å². The number of hydrogen-bond donors (Lipinski definition) is 2. The normalized spacial score (nSPS) is 9.50. The molecule has 0 bridgehead atoms. The molecule has 12 heavy (non-hydrogen) atoms. The van der Waals surface area contributed by atoms with Gasteiger partial charge in [0.25, 0.3) is 0 Å². The zero-order valence-corrected chi connectivity index (χ0v) is 7.29. The average Bonchev–Trinajstić information content (AvgIpc) is 2.05. The second-order valence-corrected chi connectivity index (χ2v) is 2.30. The number of anilines is 2. The molecule has 1 heterocycles. The highest BCUT2D eigenvalue weighted by Crippen LogP contribution is 2.23. The Kier molecular flexibility index (Phi) is 2.74. The topological polar surface area (TPSA) is 60.2 Å². The van der Waals surface area contributed by atoms with Crippen LogP contribution in [0, 0.1) is 0 Å². The van der Waals surface area contributed by atoms with E-state index in [0.717, 1.165) is 0 Å². The number of nitrogens with zero attached hydrogens (tertiary/aromatic N) is 1. The highest BCUT2D eigenvalue weighted by atomic mass is 16.5. The fourth-order valence-electron chi connectivity index (χ4n) is 0.913. The van der Waals surface area contributed by atoms with E-state index in [9.17, 15) is 0 Å². The predicted octanol–water partition coefficient (Wildman–Crippen LogP) is 1.10. The van der Waals surface area contributed by atoms with Crippen molar-refractivity contribution in [1.29, 1.82) is 0 Å². The van der Waals surface area contributed by atoms with Gasteiger partial charge < -0.3 is 15.8 Å². The molecule has 0 aliphatic heterocycles. The minimum atomic E-state index is 0.609. The van der Waals surface area contributed by atoms with E-state index >= 15 is 0 Å². The molecule has 0 fully saturated rings. The third-order valence-corrected chi connectivity index (χ3v) is 1.41. The first-order valence-corrected chi connectivity index (χ1v) is 3.84. The molecular formula is C8H13N3O. The van der Waals surface area contributed by atoms with Gasteiger partial charge in [0.05, 0.1) is 18.5 Å². The Hall–Kier alpha value is -1.45. The van der Waals surface area contributed by atoms with Gasteiger partial charge in [-0.25, -0.2) is 4.98 Å². The number of pyridine rings is 1. The fraction of sp³-hybridized carbons (Fsp3) is 0.375. The Balaban J connectivity index is 2.95. The van der Waals surface area contributed by atoms with Crippen molar-refractivity contribution >= 4 is 11.5 Å². The van der Waals surface area contributed by atoms with Crippen LogP contribution in [0.4, 0.5) is 11.5 Å². The minimum Gasteiger partial charge on any atom is -0.490 e. The van der Waals surface area contributed by atoms with Crippen LogP contribution in [-0.4, -0.2) is 18.6 Å². The van der Waals surface area contributed by atoms with Crippen LogP contribution in [0.1, 0.15) is 6.92 Å². The Morgan fingerprint density at radius 3 is 3.00 bits per heavy atom. The molecule has 4 nitrogen and oxygen atoms in total. The van der Waals surface area contributed by atoms with E-state index < -0.39 is 0 Å². The standard InChI is InChI=1S/C8H13N3O/c1-3-12-7-4-6(9)5-11-8(7)10-2/h4-5H,3,9H2,1-2H3,(H,10,11). The molecule has 0 aliphatic rings. The van der Waals surface area contributed by atoms with Crippen molar-refractivity contribution in [2.75, 3.05) is 24.7 Å². The van der Waals surface area contributed by atoms with Crippen molar-refractivity contribution < 1.29 is 4.74 Å². The van der Waals surface area contributed by atoms with Crippen molar-refractivity contribution in [2.24, 2.45) is 0 Å². The lowest BCUT2D eigenvalue weighted by Gasteiger charge is -2.08. The summed E-state index contributed by atoms with van der Waals surface area (Å²) in [7, 11) is 1.79. The Morgan fingerprint density at radius 2 is 2.42 bits per heavy atom. The van der Waals surface area contributed by atoms with Gasteiger partial charge >= 0.3 is 0 Å². The number of aromatic nitrogens is 1. The van der Waals surface area contributed by atoms with Crippen molar-refractivity contribution in [3.8, 4) is 5.75 Å². The third kappa shape index (κ3) is 1.78. The Bertz CT molecular complexity index is 262. The highest BCUT2D eigenvalue weighted by Gasteiger charge is 2.02. The number of nitrogen functional groups attached to an aromatic ring is 1. The Morgan fingerprint density at radius 1 is 1.67 bits per heavy atom. The summed E-state index contributed by atoms with van der Waals surface area (Å²) in [6.07, 6.45) is 1.59. The van der Waals surface area contributed by atoms with E-state index in [0.29, 0.717) is 23.9 Å². The zero-order chi connectivity index (χ0) is 8.97. The summed E-state index contributed by atoms with van der Waals surface area (Å²) in [5.41, 5.74) is 6.15. The van der Waals surface area contributed by atoms with E-state index in [1.54, 1.807) is 19.3 Å². The van der Waals surface area contributed by atoms with Gasteiger partial charge in [-0.05, 0) is 6.92 Å². The van der Waals surface area contributed by atoms with Gasteiger partial charge in [-0.2, -0.15) is 0 Å². The molecule has 0 spiro atoms. The average molecular weight is 167 g/mol. The van der Waals surface area contributed by atoms with E-state index in [1.807, 2.05) is 6.92 Å². The van der Waals surface area contributed by atoms with Crippen molar-refractivity contribution in [2.45, 2.75) is 6.92 Å². The third-order valence-electron chi connectivity index (χ3n) is 1.41. The minimum absolute atomic E-state index is 0.609. The van der Waals surface area contributed by atoms with Crippen molar-refractivity contribution in [3.63, 3.8) is 0 Å². The number of rotatable bonds is 3. The molecule has 0 aromatic carbocycles. The smallest absolute Gasteiger partial charge is 0.168 e. The summed E-state index contributed by atoms with van der Waals surface area (Å²) < 4.78 is 5.30. The van der Waals surface area contributed by atoms with Crippen LogP contribution in [-0.2, 0) is 0 Å². The number of nitrogens with two attached hydrogens (primary N) is 1. The summed E-state index contributed by atoms with van der Waals surface area (Å²) in [4.78, 5) is 4.05. The highest BCUT2D eigenvalue weighted by molar-refractivity contribution is 5.55. The SMILES string of the molecule is CCOc1cc(N)cnc1NC. The van der Waals surface area contributed by atoms with Crippen LogP contribution in [0.3, 0.4) is 0 Å². The lowest BCUT2D eigenvalue weighted by molar-refractivity contribution is 0.341. The molecule has 4 heteroatoms. The Labute approximate surface area is 71.7 Å². The first-order chi connectivity index (χ1) is 5.77. The van der Waals surface area contributed by atoms with Gasteiger partial charge in [-0.1, -0.05) is 0 Å². The summed E-state index contributed by atoms with van der Waals surface area (Å²) >= 11 is 0. The molecule has 0 atom stereocenters. The summed E-state index contributed by atoms with van der Waals surface area (Å²) in [6.45, 7) is 2.53. The van der Waals surface area contributed by atoms with Crippen LogP contribution in [0.15, 0.2) is 12.3 Å². The van der Waals surface area contributed by atoms with Crippen LogP contribution < -0.4 is 15.8 Å². The van der Waals surface area contributed by atoms with Crippen LogP contribution in [0.25, 0.3) is 0 Å². The molecule has 3 N–H and O–H groups in total. The van der Waals surface area contributed by atoms with Gasteiger partial charge in [-0.15, -0.1) is 0 Å². The molecule has 0 saturated carbocycles.